The van der Waals surface area contributed by atoms with Crippen LogP contribution >= 0.6 is 15.9 Å². The van der Waals surface area contributed by atoms with E-state index in [0.717, 1.165) is 10.3 Å². The van der Waals surface area contributed by atoms with Crippen molar-refractivity contribution in [2.45, 2.75) is 0 Å². The Balaban J connectivity index is 2.79. The maximum atomic E-state index is 8.47. The molecule has 3 heteroatoms. The molecular weight excluding hydrogens is 206 g/mol. The van der Waals surface area contributed by atoms with Crippen LogP contribution in [0.25, 0.3) is 6.08 Å². The Morgan fingerprint density at radius 1 is 1.55 bits per heavy atom. The van der Waals surface area contributed by atoms with Gasteiger partial charge in [0.05, 0.1) is 12.3 Å². The molecule has 0 amide bonds. The topological polar surface area (TPSA) is 33.1 Å². The van der Waals surface area contributed by atoms with E-state index in [4.69, 9.17) is 5.11 Å². The van der Waals surface area contributed by atoms with Crippen molar-refractivity contribution in [3.8, 4) is 0 Å². The molecule has 1 N–H and O–H groups in total. The summed E-state index contributed by atoms with van der Waals surface area (Å²) in [5.41, 5.74) is 0.841. The molecule has 0 bridgehead atoms. The Labute approximate surface area is 73.7 Å². The molecule has 0 unspecified atom stereocenters. The maximum Gasteiger partial charge on any atom is 0.106 e. The van der Waals surface area contributed by atoms with Crippen LogP contribution in [0.1, 0.15) is 5.69 Å². The summed E-state index contributed by atoms with van der Waals surface area (Å²) in [6, 6.07) is 5.63. The Bertz CT molecular complexity index is 260. The highest BCUT2D eigenvalue weighted by Gasteiger charge is 1.88. The molecule has 0 saturated carbocycles. The van der Waals surface area contributed by atoms with E-state index in [-0.39, 0.29) is 6.61 Å². The average molecular weight is 214 g/mol. The van der Waals surface area contributed by atoms with Crippen LogP contribution in [0.15, 0.2) is 28.9 Å². The number of nitrogens with zero attached hydrogens (tertiary/aromatic N) is 1. The van der Waals surface area contributed by atoms with Crippen LogP contribution in [0, 0.1) is 0 Å². The van der Waals surface area contributed by atoms with Gasteiger partial charge in [0.25, 0.3) is 0 Å². The lowest BCUT2D eigenvalue weighted by molar-refractivity contribution is 0.343. The fourth-order valence-electron chi connectivity index (χ4n) is 0.690. The molecule has 0 radical (unpaired) electrons. The van der Waals surface area contributed by atoms with Gasteiger partial charge in [-0.1, -0.05) is 12.1 Å². The van der Waals surface area contributed by atoms with Crippen LogP contribution < -0.4 is 0 Å². The summed E-state index contributed by atoms with van der Waals surface area (Å²) in [5.74, 6) is 0. The van der Waals surface area contributed by atoms with Crippen molar-refractivity contribution in [2.24, 2.45) is 0 Å². The van der Waals surface area contributed by atoms with Crippen LogP contribution in [0.2, 0.25) is 0 Å². The van der Waals surface area contributed by atoms with E-state index in [1.54, 1.807) is 12.2 Å². The van der Waals surface area contributed by atoms with Gasteiger partial charge in [-0.3, -0.25) is 0 Å². The average Bonchev–Trinajstić information content (AvgIpc) is 2.01. The Morgan fingerprint density at radius 2 is 2.36 bits per heavy atom. The van der Waals surface area contributed by atoms with Crippen molar-refractivity contribution in [1.82, 2.24) is 4.98 Å². The van der Waals surface area contributed by atoms with Crippen LogP contribution in [-0.2, 0) is 0 Å². The van der Waals surface area contributed by atoms with Gasteiger partial charge in [-0.15, -0.1) is 0 Å². The lowest BCUT2D eigenvalue weighted by Gasteiger charge is -1.91. The van der Waals surface area contributed by atoms with Crippen molar-refractivity contribution >= 4 is 22.0 Å². The molecule has 0 fully saturated rings. The quantitative estimate of drug-likeness (QED) is 0.762. The first-order valence-corrected chi connectivity index (χ1v) is 4.02. The first-order valence-electron chi connectivity index (χ1n) is 3.23. The summed E-state index contributed by atoms with van der Waals surface area (Å²) in [6.45, 7) is 0.0498. The summed E-state index contributed by atoms with van der Waals surface area (Å²) in [7, 11) is 0. The molecule has 1 rings (SSSR count). The highest BCUT2D eigenvalue weighted by atomic mass is 79.9. The van der Waals surface area contributed by atoms with Gasteiger partial charge in [0.2, 0.25) is 0 Å². The first-order chi connectivity index (χ1) is 5.33. The van der Waals surface area contributed by atoms with E-state index in [1.165, 1.54) is 0 Å². The number of hydrogen-bond donors (Lipinski definition) is 1. The second kappa shape index (κ2) is 4.26. The van der Waals surface area contributed by atoms with E-state index < -0.39 is 0 Å². The molecule has 0 spiro atoms. The van der Waals surface area contributed by atoms with Gasteiger partial charge in [-0.2, -0.15) is 0 Å². The van der Waals surface area contributed by atoms with Crippen molar-refractivity contribution < 1.29 is 5.11 Å². The fourth-order valence-corrected chi connectivity index (χ4v) is 1.05. The number of aliphatic hydroxyl groups is 1. The fraction of sp³-hybridized carbons (Fsp3) is 0.125. The smallest absolute Gasteiger partial charge is 0.106 e. The minimum Gasteiger partial charge on any atom is -0.392 e. The second-order valence-electron chi connectivity index (χ2n) is 1.97. The number of rotatable bonds is 2. The van der Waals surface area contributed by atoms with Crippen LogP contribution in [0.4, 0.5) is 0 Å². The third kappa shape index (κ3) is 2.82. The largest absolute Gasteiger partial charge is 0.392 e. The van der Waals surface area contributed by atoms with E-state index in [0.29, 0.717) is 0 Å². The zero-order valence-electron chi connectivity index (χ0n) is 5.87. The zero-order valence-corrected chi connectivity index (χ0v) is 7.45. The van der Waals surface area contributed by atoms with Gasteiger partial charge in [-0.25, -0.2) is 4.98 Å². The van der Waals surface area contributed by atoms with E-state index in [2.05, 4.69) is 20.9 Å². The Kier molecular flexibility index (Phi) is 3.26. The van der Waals surface area contributed by atoms with Crippen molar-refractivity contribution in [2.75, 3.05) is 6.61 Å². The molecule has 11 heavy (non-hydrogen) atoms. The zero-order chi connectivity index (χ0) is 8.10. The minimum atomic E-state index is 0.0498. The number of hydrogen-bond acceptors (Lipinski definition) is 2. The predicted molar refractivity (Wildman–Crippen MR) is 48.1 cm³/mol. The van der Waals surface area contributed by atoms with Crippen molar-refractivity contribution in [3.63, 3.8) is 0 Å². The highest BCUT2D eigenvalue weighted by molar-refractivity contribution is 9.10. The van der Waals surface area contributed by atoms with Gasteiger partial charge >= 0.3 is 0 Å². The number of halogens is 1. The first kappa shape index (κ1) is 8.43. The van der Waals surface area contributed by atoms with E-state index in [9.17, 15) is 0 Å². The van der Waals surface area contributed by atoms with Crippen molar-refractivity contribution in [1.29, 1.82) is 0 Å². The number of aromatic nitrogens is 1. The SMILES string of the molecule is OCC=Cc1cccc(Br)n1. The molecule has 0 aliphatic rings. The maximum absolute atomic E-state index is 8.47. The lowest BCUT2D eigenvalue weighted by Crippen LogP contribution is -1.80. The summed E-state index contributed by atoms with van der Waals surface area (Å²) in [6.07, 6.45) is 3.42. The number of pyridine rings is 1. The summed E-state index contributed by atoms with van der Waals surface area (Å²) < 4.78 is 0.803. The second-order valence-corrected chi connectivity index (χ2v) is 2.78. The van der Waals surface area contributed by atoms with E-state index >= 15 is 0 Å². The Hall–Kier alpha value is -0.670. The van der Waals surface area contributed by atoms with Crippen LogP contribution in [-0.4, -0.2) is 16.7 Å². The summed E-state index contributed by atoms with van der Waals surface area (Å²) >= 11 is 3.25. The molecule has 0 aliphatic carbocycles. The third-order valence-corrected chi connectivity index (χ3v) is 1.57. The normalized spacial score (nSPS) is 10.7. The molecular formula is C8H8BrNO. The molecule has 2 nitrogen and oxygen atoms in total. The van der Waals surface area contributed by atoms with Crippen LogP contribution in [0.5, 0.6) is 0 Å². The molecule has 58 valence electrons. The molecule has 0 aliphatic heterocycles. The summed E-state index contributed by atoms with van der Waals surface area (Å²) in [4.78, 5) is 4.13. The standard InChI is InChI=1S/C8H8BrNO/c9-8-5-1-3-7(10-8)4-2-6-11/h1-5,11H,6H2. The molecule has 1 aromatic rings. The predicted octanol–water partition coefficient (Wildman–Crippen LogP) is 1.85. The van der Waals surface area contributed by atoms with Crippen molar-refractivity contribution in [3.05, 3.63) is 34.6 Å². The third-order valence-electron chi connectivity index (χ3n) is 1.13. The molecule has 0 saturated heterocycles. The van der Waals surface area contributed by atoms with Crippen LogP contribution in [0.3, 0.4) is 0 Å². The monoisotopic (exact) mass is 213 g/mol. The highest BCUT2D eigenvalue weighted by Crippen LogP contribution is 2.06. The van der Waals surface area contributed by atoms with E-state index in [1.807, 2.05) is 18.2 Å². The Morgan fingerprint density at radius 3 is 3.00 bits per heavy atom. The minimum absolute atomic E-state index is 0.0498. The van der Waals surface area contributed by atoms with Gasteiger partial charge in [0.1, 0.15) is 4.60 Å². The molecule has 1 aromatic heterocycles. The molecule has 0 atom stereocenters. The van der Waals surface area contributed by atoms with Gasteiger partial charge in [-0.05, 0) is 34.1 Å². The lowest BCUT2D eigenvalue weighted by atomic mass is 10.3. The van der Waals surface area contributed by atoms with Gasteiger partial charge in [0, 0.05) is 0 Å². The number of aliphatic hydroxyl groups excluding tert-OH is 1. The van der Waals surface area contributed by atoms with Gasteiger partial charge in [0.15, 0.2) is 0 Å². The molecule has 0 aromatic carbocycles. The summed E-state index contributed by atoms with van der Waals surface area (Å²) in [5, 5.41) is 8.47. The van der Waals surface area contributed by atoms with Gasteiger partial charge < -0.3 is 5.11 Å². The molecule has 1 heterocycles.